The van der Waals surface area contributed by atoms with E-state index in [1.165, 1.54) is 11.3 Å². The van der Waals surface area contributed by atoms with Crippen molar-refractivity contribution in [3.8, 4) is 6.07 Å². The second-order valence-corrected chi connectivity index (χ2v) is 6.39. The number of hydrogen-bond donors (Lipinski definition) is 1. The molecule has 1 heterocycles. The van der Waals surface area contributed by atoms with E-state index in [0.29, 0.717) is 17.0 Å². The number of fused-ring (bicyclic) bond motifs is 1. The highest BCUT2D eigenvalue weighted by Crippen LogP contribution is 2.25. The van der Waals surface area contributed by atoms with Crippen LogP contribution >= 0.6 is 11.3 Å². The molecule has 0 spiro atoms. The first-order valence-corrected chi connectivity index (χ1v) is 8.39. The predicted octanol–water partition coefficient (Wildman–Crippen LogP) is 3.76. The van der Waals surface area contributed by atoms with Crippen LogP contribution in [-0.4, -0.2) is 18.5 Å². The number of amides is 1. The number of carbonyl (C=O) groups excluding carboxylic acids is 2. The number of benzene rings is 2. The van der Waals surface area contributed by atoms with Crippen LogP contribution in [0.25, 0.3) is 10.1 Å². The van der Waals surface area contributed by atoms with Crippen LogP contribution in [0.3, 0.4) is 0 Å². The molecule has 25 heavy (non-hydrogen) atoms. The lowest BCUT2D eigenvalue weighted by atomic mass is 10.1. The largest absolute Gasteiger partial charge is 0.451 e. The molecule has 2 aromatic carbocycles. The van der Waals surface area contributed by atoms with Gasteiger partial charge in [0.05, 0.1) is 12.5 Å². The van der Waals surface area contributed by atoms with Gasteiger partial charge in [-0.15, -0.1) is 11.3 Å². The fourth-order valence-corrected chi connectivity index (χ4v) is 3.24. The van der Waals surface area contributed by atoms with Crippen LogP contribution in [0.15, 0.2) is 54.6 Å². The number of ether oxygens (including phenoxy) is 1. The fraction of sp³-hybridized carbons (Fsp3) is 0.105. The number of nitrogens with one attached hydrogen (secondary N) is 1. The standard InChI is InChI=1S/C19H14N2O3S/c20-10-9-13-5-7-15(8-6-13)21-18(22)12-24-19(23)17-11-14-3-1-2-4-16(14)25-17/h1-8,11H,9,12H2,(H,21,22). The van der Waals surface area contributed by atoms with Gasteiger partial charge in [-0.2, -0.15) is 5.26 Å². The maximum absolute atomic E-state index is 12.1. The lowest BCUT2D eigenvalue weighted by Gasteiger charge is -2.06. The van der Waals surface area contributed by atoms with E-state index in [-0.39, 0.29) is 6.61 Å². The zero-order valence-corrected chi connectivity index (χ0v) is 14.0. The zero-order chi connectivity index (χ0) is 17.6. The Balaban J connectivity index is 1.54. The van der Waals surface area contributed by atoms with Crippen LogP contribution in [0.2, 0.25) is 0 Å². The smallest absolute Gasteiger partial charge is 0.348 e. The van der Waals surface area contributed by atoms with Crippen LogP contribution in [0.1, 0.15) is 15.2 Å². The van der Waals surface area contributed by atoms with E-state index < -0.39 is 11.9 Å². The third-order valence-corrected chi connectivity index (χ3v) is 4.58. The number of hydrogen-bond acceptors (Lipinski definition) is 5. The molecule has 0 radical (unpaired) electrons. The van der Waals surface area contributed by atoms with Crippen molar-refractivity contribution in [2.75, 3.05) is 11.9 Å². The van der Waals surface area contributed by atoms with E-state index in [1.807, 2.05) is 24.3 Å². The summed E-state index contributed by atoms with van der Waals surface area (Å²) in [6.07, 6.45) is 0.320. The molecule has 0 aliphatic heterocycles. The van der Waals surface area contributed by atoms with Crippen LogP contribution < -0.4 is 5.32 Å². The average molecular weight is 350 g/mol. The molecule has 0 saturated heterocycles. The summed E-state index contributed by atoms with van der Waals surface area (Å²) in [5.74, 6) is -0.928. The highest BCUT2D eigenvalue weighted by Gasteiger charge is 2.13. The van der Waals surface area contributed by atoms with Crippen LogP contribution in [-0.2, 0) is 16.0 Å². The summed E-state index contributed by atoms with van der Waals surface area (Å²) < 4.78 is 6.07. The van der Waals surface area contributed by atoms with Crippen molar-refractivity contribution in [2.45, 2.75) is 6.42 Å². The van der Waals surface area contributed by atoms with E-state index >= 15 is 0 Å². The molecule has 6 heteroatoms. The molecule has 0 unspecified atom stereocenters. The van der Waals surface area contributed by atoms with Gasteiger partial charge >= 0.3 is 5.97 Å². The first kappa shape index (κ1) is 16.7. The number of carbonyl (C=O) groups is 2. The third kappa shape index (κ3) is 4.22. The molecule has 0 aliphatic carbocycles. The Bertz CT molecular complexity index is 922. The molecule has 1 amide bonds. The number of esters is 1. The third-order valence-electron chi connectivity index (χ3n) is 3.48. The molecule has 0 atom stereocenters. The Labute approximate surface area is 148 Å². The van der Waals surface area contributed by atoms with Gasteiger partial charge in [0.2, 0.25) is 0 Å². The number of rotatable bonds is 5. The van der Waals surface area contributed by atoms with Crippen LogP contribution in [0.4, 0.5) is 5.69 Å². The van der Waals surface area contributed by atoms with Gasteiger partial charge in [-0.25, -0.2) is 4.79 Å². The number of anilines is 1. The number of thiophene rings is 1. The molecule has 124 valence electrons. The highest BCUT2D eigenvalue weighted by molar-refractivity contribution is 7.20. The van der Waals surface area contributed by atoms with Gasteiger partial charge in [-0.3, -0.25) is 4.79 Å². The lowest BCUT2D eigenvalue weighted by Crippen LogP contribution is -2.20. The van der Waals surface area contributed by atoms with Crippen molar-refractivity contribution >= 4 is 39.0 Å². The van der Waals surface area contributed by atoms with E-state index in [9.17, 15) is 9.59 Å². The van der Waals surface area contributed by atoms with Crippen molar-refractivity contribution in [1.82, 2.24) is 0 Å². The van der Waals surface area contributed by atoms with Gasteiger partial charge in [0, 0.05) is 10.4 Å². The first-order valence-electron chi connectivity index (χ1n) is 7.57. The molecule has 0 saturated carbocycles. The molecule has 0 fully saturated rings. The Hall–Kier alpha value is -3.17. The Morgan fingerprint density at radius 3 is 2.60 bits per heavy atom. The quantitative estimate of drug-likeness (QED) is 0.711. The molecule has 3 rings (SSSR count). The zero-order valence-electron chi connectivity index (χ0n) is 13.2. The molecule has 1 N–H and O–H groups in total. The van der Waals surface area contributed by atoms with E-state index in [1.54, 1.807) is 30.3 Å². The van der Waals surface area contributed by atoms with Crippen LogP contribution in [0.5, 0.6) is 0 Å². The average Bonchev–Trinajstić information content (AvgIpc) is 3.06. The normalized spacial score (nSPS) is 10.2. The van der Waals surface area contributed by atoms with Crippen molar-refractivity contribution in [2.24, 2.45) is 0 Å². The lowest BCUT2D eigenvalue weighted by molar-refractivity contribution is -0.119. The Morgan fingerprint density at radius 1 is 1.12 bits per heavy atom. The second-order valence-electron chi connectivity index (χ2n) is 5.30. The molecular formula is C19H14N2O3S. The van der Waals surface area contributed by atoms with E-state index in [4.69, 9.17) is 10.00 Å². The van der Waals surface area contributed by atoms with Crippen molar-refractivity contribution < 1.29 is 14.3 Å². The summed E-state index contributed by atoms with van der Waals surface area (Å²) in [4.78, 5) is 24.4. The summed E-state index contributed by atoms with van der Waals surface area (Å²) in [6.45, 7) is -0.354. The maximum atomic E-state index is 12.1. The first-order chi connectivity index (χ1) is 12.2. The van der Waals surface area contributed by atoms with Crippen molar-refractivity contribution in [3.63, 3.8) is 0 Å². The Morgan fingerprint density at radius 2 is 1.88 bits per heavy atom. The minimum atomic E-state index is -0.513. The minimum absolute atomic E-state index is 0.320. The van der Waals surface area contributed by atoms with E-state index in [2.05, 4.69) is 11.4 Å². The summed E-state index contributed by atoms with van der Waals surface area (Å²) in [5.41, 5.74) is 1.46. The van der Waals surface area contributed by atoms with Gasteiger partial charge in [-0.1, -0.05) is 30.3 Å². The number of nitriles is 1. The molecular weight excluding hydrogens is 336 g/mol. The second kappa shape index (κ2) is 7.60. The molecule has 0 aliphatic rings. The van der Waals surface area contributed by atoms with Gasteiger partial charge in [-0.05, 0) is 35.2 Å². The monoisotopic (exact) mass is 350 g/mol. The molecule has 3 aromatic rings. The Kier molecular flexibility index (Phi) is 5.07. The number of nitrogens with zero attached hydrogens (tertiary/aromatic N) is 1. The summed E-state index contributed by atoms with van der Waals surface area (Å²) in [5, 5.41) is 12.3. The predicted molar refractivity (Wildman–Crippen MR) is 96.5 cm³/mol. The van der Waals surface area contributed by atoms with Gasteiger partial charge in [0.15, 0.2) is 6.61 Å². The molecule has 5 nitrogen and oxygen atoms in total. The topological polar surface area (TPSA) is 79.2 Å². The summed E-state index contributed by atoms with van der Waals surface area (Å²) >= 11 is 1.33. The molecule has 0 bridgehead atoms. The van der Waals surface area contributed by atoms with Crippen LogP contribution in [0, 0.1) is 11.3 Å². The SMILES string of the molecule is N#CCc1ccc(NC(=O)COC(=O)c2cc3ccccc3s2)cc1. The molecule has 1 aromatic heterocycles. The highest BCUT2D eigenvalue weighted by atomic mass is 32.1. The van der Waals surface area contributed by atoms with Gasteiger partial charge in [0.25, 0.3) is 5.91 Å². The summed E-state index contributed by atoms with van der Waals surface area (Å²) in [7, 11) is 0. The van der Waals surface area contributed by atoms with Gasteiger partial charge < -0.3 is 10.1 Å². The minimum Gasteiger partial charge on any atom is -0.451 e. The summed E-state index contributed by atoms with van der Waals surface area (Å²) in [6, 6.07) is 18.4. The fourth-order valence-electron chi connectivity index (χ4n) is 2.28. The van der Waals surface area contributed by atoms with E-state index in [0.717, 1.165) is 15.6 Å². The van der Waals surface area contributed by atoms with Gasteiger partial charge in [0.1, 0.15) is 4.88 Å². The maximum Gasteiger partial charge on any atom is 0.348 e. The van der Waals surface area contributed by atoms with Crippen molar-refractivity contribution in [1.29, 1.82) is 5.26 Å². The van der Waals surface area contributed by atoms with Crippen molar-refractivity contribution in [3.05, 3.63) is 65.0 Å².